The molecule has 4 aromatic rings. The van der Waals surface area contributed by atoms with E-state index in [0.29, 0.717) is 41.0 Å². The van der Waals surface area contributed by atoms with Crippen molar-refractivity contribution in [2.24, 2.45) is 0 Å². The molecule has 0 bridgehead atoms. The van der Waals surface area contributed by atoms with Gasteiger partial charge >= 0.3 is 0 Å². The molecule has 4 rings (SSSR count). The highest BCUT2D eigenvalue weighted by atomic mass is 16.3. The van der Waals surface area contributed by atoms with Crippen LogP contribution in [0.4, 0.5) is 0 Å². The molecule has 0 aliphatic rings. The second-order valence-electron chi connectivity index (χ2n) is 7.34. The highest BCUT2D eigenvalue weighted by molar-refractivity contribution is 5.94. The van der Waals surface area contributed by atoms with E-state index in [9.17, 15) is 9.59 Å². The quantitative estimate of drug-likeness (QED) is 0.435. The summed E-state index contributed by atoms with van der Waals surface area (Å²) in [6, 6.07) is 19.7. The summed E-state index contributed by atoms with van der Waals surface area (Å²) in [5.41, 5.74) is 1.13. The highest BCUT2D eigenvalue weighted by Gasteiger charge is 2.29. The first kappa shape index (κ1) is 20.6. The molecule has 0 radical (unpaired) electrons. The average Bonchev–Trinajstić information content (AvgIpc) is 3.32. The number of benzene rings is 2. The minimum atomic E-state index is -0.393. The lowest BCUT2D eigenvalue weighted by Gasteiger charge is -2.31. The first-order valence-electron chi connectivity index (χ1n) is 10.5. The third-order valence-corrected chi connectivity index (χ3v) is 5.46. The maximum Gasteiger partial charge on any atom is 0.261 e. The zero-order valence-electron chi connectivity index (χ0n) is 17.7. The van der Waals surface area contributed by atoms with Crippen molar-refractivity contribution in [3.05, 3.63) is 100 Å². The van der Waals surface area contributed by atoms with Crippen molar-refractivity contribution < 1.29 is 9.21 Å². The molecule has 1 atom stereocenters. The predicted octanol–water partition coefficient (Wildman–Crippen LogP) is 4.80. The van der Waals surface area contributed by atoms with E-state index in [2.05, 4.69) is 0 Å². The van der Waals surface area contributed by atoms with E-state index in [0.717, 1.165) is 0 Å². The van der Waals surface area contributed by atoms with Gasteiger partial charge in [0.25, 0.3) is 11.5 Å². The molecule has 31 heavy (non-hydrogen) atoms. The Labute approximate surface area is 180 Å². The summed E-state index contributed by atoms with van der Waals surface area (Å²) in [6.45, 7) is 4.67. The molecule has 0 spiro atoms. The smallest absolute Gasteiger partial charge is 0.261 e. The molecule has 0 aliphatic heterocycles. The van der Waals surface area contributed by atoms with E-state index in [1.54, 1.807) is 40.0 Å². The van der Waals surface area contributed by atoms with Crippen LogP contribution < -0.4 is 5.56 Å². The zero-order valence-corrected chi connectivity index (χ0v) is 17.7. The fraction of sp³-hybridized carbons (Fsp3) is 0.240. The lowest BCUT2D eigenvalue weighted by Crippen LogP contribution is -2.38. The third-order valence-electron chi connectivity index (χ3n) is 5.46. The van der Waals surface area contributed by atoms with Crippen molar-refractivity contribution in [2.75, 3.05) is 0 Å². The second kappa shape index (κ2) is 9.00. The Kier molecular flexibility index (Phi) is 5.98. The normalized spacial score (nSPS) is 12.1. The van der Waals surface area contributed by atoms with Crippen LogP contribution in [0.1, 0.15) is 48.3 Å². The van der Waals surface area contributed by atoms with Gasteiger partial charge in [-0.05, 0) is 49.7 Å². The number of amides is 1. The Hall–Kier alpha value is -3.67. The molecular weight excluding hydrogens is 390 g/mol. The molecule has 2 aromatic carbocycles. The lowest BCUT2D eigenvalue weighted by atomic mass is 10.1. The molecule has 1 amide bonds. The number of para-hydroxylation sites is 1. The van der Waals surface area contributed by atoms with E-state index in [4.69, 9.17) is 9.40 Å². The van der Waals surface area contributed by atoms with Crippen LogP contribution in [0.5, 0.6) is 0 Å². The molecule has 0 N–H and O–H groups in total. The summed E-state index contributed by atoms with van der Waals surface area (Å²) < 4.78 is 7.22. The Balaban J connectivity index is 1.86. The first-order chi connectivity index (χ1) is 15.1. The Morgan fingerprint density at radius 3 is 2.45 bits per heavy atom. The van der Waals surface area contributed by atoms with E-state index in [-0.39, 0.29) is 18.0 Å². The van der Waals surface area contributed by atoms with Gasteiger partial charge in [-0.15, -0.1) is 0 Å². The first-order valence-corrected chi connectivity index (χ1v) is 10.5. The maximum absolute atomic E-state index is 13.6. The summed E-state index contributed by atoms with van der Waals surface area (Å²) in [7, 11) is 0. The van der Waals surface area contributed by atoms with E-state index < -0.39 is 6.04 Å². The molecule has 6 nitrogen and oxygen atoms in total. The van der Waals surface area contributed by atoms with Gasteiger partial charge in [0.1, 0.15) is 11.6 Å². The number of hydrogen-bond acceptors (Lipinski definition) is 4. The molecule has 0 saturated heterocycles. The SMILES string of the molecule is CCC(c1nc2ccccc2c(=O)n1CC)N(Cc1ccco1)C(=O)c1ccccc1. The summed E-state index contributed by atoms with van der Waals surface area (Å²) in [5.74, 6) is 1.13. The number of furan rings is 1. The van der Waals surface area contributed by atoms with Gasteiger partial charge in [0.05, 0.1) is 29.8 Å². The monoisotopic (exact) mass is 415 g/mol. The maximum atomic E-state index is 13.6. The van der Waals surface area contributed by atoms with E-state index in [1.807, 2.05) is 56.3 Å². The van der Waals surface area contributed by atoms with Crippen LogP contribution in [-0.2, 0) is 13.1 Å². The van der Waals surface area contributed by atoms with Gasteiger partial charge in [-0.25, -0.2) is 4.98 Å². The van der Waals surface area contributed by atoms with Crippen LogP contribution in [0.25, 0.3) is 10.9 Å². The Bertz CT molecular complexity index is 1230. The summed E-state index contributed by atoms with van der Waals surface area (Å²) in [4.78, 5) is 33.3. The molecule has 158 valence electrons. The Morgan fingerprint density at radius 2 is 1.77 bits per heavy atom. The van der Waals surface area contributed by atoms with Gasteiger partial charge in [0, 0.05) is 12.1 Å². The van der Waals surface area contributed by atoms with E-state index in [1.165, 1.54) is 0 Å². The minimum absolute atomic E-state index is 0.0911. The Morgan fingerprint density at radius 1 is 1.03 bits per heavy atom. The number of carbonyl (C=O) groups is 1. The number of carbonyl (C=O) groups excluding carboxylic acids is 1. The van der Waals surface area contributed by atoms with Crippen LogP contribution >= 0.6 is 0 Å². The molecule has 6 heteroatoms. The van der Waals surface area contributed by atoms with Crippen molar-refractivity contribution in [1.82, 2.24) is 14.5 Å². The standard InChI is InChI=1S/C25H25N3O3/c1-3-22(23-26-21-15-9-8-14-20(21)25(30)27(23)4-2)28(17-19-13-10-16-31-19)24(29)18-11-6-5-7-12-18/h5-16,22H,3-4,17H2,1-2H3. The summed E-state index contributed by atoms with van der Waals surface area (Å²) in [6.07, 6.45) is 2.20. The van der Waals surface area contributed by atoms with E-state index >= 15 is 0 Å². The minimum Gasteiger partial charge on any atom is -0.467 e. The van der Waals surface area contributed by atoms with Crippen LogP contribution in [-0.4, -0.2) is 20.4 Å². The van der Waals surface area contributed by atoms with Gasteiger partial charge in [-0.1, -0.05) is 37.3 Å². The molecule has 0 fully saturated rings. The molecule has 0 saturated carbocycles. The number of nitrogens with zero attached hydrogens (tertiary/aromatic N) is 3. The van der Waals surface area contributed by atoms with Crippen molar-refractivity contribution in [1.29, 1.82) is 0 Å². The zero-order chi connectivity index (χ0) is 21.8. The second-order valence-corrected chi connectivity index (χ2v) is 7.34. The fourth-order valence-electron chi connectivity index (χ4n) is 3.93. The van der Waals surface area contributed by atoms with Gasteiger partial charge in [0.15, 0.2) is 0 Å². The molecule has 2 heterocycles. The van der Waals surface area contributed by atoms with Gasteiger partial charge in [-0.2, -0.15) is 0 Å². The van der Waals surface area contributed by atoms with Crippen molar-refractivity contribution in [2.45, 2.75) is 39.4 Å². The molecule has 1 unspecified atom stereocenters. The number of hydrogen-bond donors (Lipinski definition) is 0. The van der Waals surface area contributed by atoms with Gasteiger partial charge in [0.2, 0.25) is 0 Å². The summed E-state index contributed by atoms with van der Waals surface area (Å²) in [5, 5.41) is 0.579. The summed E-state index contributed by atoms with van der Waals surface area (Å²) >= 11 is 0. The molecular formula is C25H25N3O3. The molecule has 2 aromatic heterocycles. The lowest BCUT2D eigenvalue weighted by molar-refractivity contribution is 0.0621. The largest absolute Gasteiger partial charge is 0.467 e. The van der Waals surface area contributed by atoms with Crippen molar-refractivity contribution >= 4 is 16.8 Å². The topological polar surface area (TPSA) is 68.3 Å². The fourth-order valence-corrected chi connectivity index (χ4v) is 3.93. The van der Waals surface area contributed by atoms with Crippen molar-refractivity contribution in [3.8, 4) is 0 Å². The van der Waals surface area contributed by atoms with Crippen LogP contribution in [0.15, 0.2) is 82.2 Å². The third kappa shape index (κ3) is 4.01. The van der Waals surface area contributed by atoms with Gasteiger partial charge in [-0.3, -0.25) is 14.2 Å². The number of rotatable bonds is 7. The highest BCUT2D eigenvalue weighted by Crippen LogP contribution is 2.27. The average molecular weight is 415 g/mol. The predicted molar refractivity (Wildman–Crippen MR) is 120 cm³/mol. The van der Waals surface area contributed by atoms with Crippen LogP contribution in [0.2, 0.25) is 0 Å². The van der Waals surface area contributed by atoms with Gasteiger partial charge < -0.3 is 9.32 Å². The van der Waals surface area contributed by atoms with Crippen molar-refractivity contribution in [3.63, 3.8) is 0 Å². The molecule has 0 aliphatic carbocycles. The number of fused-ring (bicyclic) bond motifs is 1. The van der Waals surface area contributed by atoms with Crippen LogP contribution in [0, 0.1) is 0 Å². The number of aromatic nitrogens is 2. The van der Waals surface area contributed by atoms with Crippen LogP contribution in [0.3, 0.4) is 0 Å².